The summed E-state index contributed by atoms with van der Waals surface area (Å²) < 4.78 is 11.3. The number of amides is 1. The van der Waals surface area contributed by atoms with Crippen LogP contribution in [0.15, 0.2) is 84.6 Å². The van der Waals surface area contributed by atoms with Gasteiger partial charge in [0.1, 0.15) is 17.3 Å². The zero-order valence-electron chi connectivity index (χ0n) is 22.1. The molecule has 1 saturated heterocycles. The first-order valence-electron chi connectivity index (χ1n) is 13.2. The van der Waals surface area contributed by atoms with Crippen molar-refractivity contribution in [1.29, 1.82) is 0 Å². The van der Waals surface area contributed by atoms with Crippen molar-refractivity contribution in [2.45, 2.75) is 38.8 Å². The van der Waals surface area contributed by atoms with Crippen LogP contribution in [-0.4, -0.2) is 40.4 Å². The number of benzene rings is 3. The summed E-state index contributed by atoms with van der Waals surface area (Å²) in [5, 5.41) is 12.3. The maximum absolute atomic E-state index is 13.5. The zero-order valence-corrected chi connectivity index (χ0v) is 22.1. The fourth-order valence-electron chi connectivity index (χ4n) is 5.11. The van der Waals surface area contributed by atoms with E-state index in [0.29, 0.717) is 23.7 Å². The molecule has 1 amide bonds. The molecule has 0 aliphatic carbocycles. The van der Waals surface area contributed by atoms with Gasteiger partial charge < -0.3 is 24.5 Å². The van der Waals surface area contributed by atoms with Crippen LogP contribution in [0.3, 0.4) is 0 Å². The van der Waals surface area contributed by atoms with E-state index >= 15 is 0 Å². The minimum absolute atomic E-state index is 0.0521. The minimum atomic E-state index is -0.795. The van der Waals surface area contributed by atoms with Crippen molar-refractivity contribution in [3.05, 3.63) is 101 Å². The fourth-order valence-corrected chi connectivity index (χ4v) is 5.11. The molecule has 1 aromatic heterocycles. The number of aliphatic hydroxyl groups excluding tert-OH is 1. The van der Waals surface area contributed by atoms with Crippen LogP contribution in [0, 0.1) is 0 Å². The van der Waals surface area contributed by atoms with Crippen LogP contribution in [0.5, 0.6) is 11.5 Å². The number of ether oxygens (including phenoxy) is 2. The first-order chi connectivity index (χ1) is 19.0. The molecule has 2 N–H and O–H groups in total. The number of unbranched alkanes of at least 4 members (excludes halogenated alkanes) is 2. The number of fused-ring (bicyclic) bond motifs is 1. The molecule has 1 atom stereocenters. The van der Waals surface area contributed by atoms with Crippen LogP contribution >= 0.6 is 0 Å². The Morgan fingerprint density at radius 2 is 1.72 bits per heavy atom. The van der Waals surface area contributed by atoms with Crippen molar-refractivity contribution < 1.29 is 24.2 Å². The number of para-hydroxylation sites is 2. The minimum Gasteiger partial charge on any atom is -0.507 e. The number of carbonyl (C=O) groups excluding carboxylic acids is 2. The van der Waals surface area contributed by atoms with Gasteiger partial charge in [0.05, 0.1) is 31.9 Å². The molecule has 4 aromatic rings. The lowest BCUT2D eigenvalue weighted by Crippen LogP contribution is -2.29. The highest BCUT2D eigenvalue weighted by atomic mass is 16.5. The molecule has 2 heterocycles. The van der Waals surface area contributed by atoms with Crippen LogP contribution in [0.1, 0.15) is 48.9 Å². The van der Waals surface area contributed by atoms with Gasteiger partial charge in [-0.25, -0.2) is 0 Å². The Bertz CT molecular complexity index is 1520. The van der Waals surface area contributed by atoms with E-state index < -0.39 is 17.7 Å². The Balaban J connectivity index is 1.57. The average Bonchev–Trinajstić information content (AvgIpc) is 3.50. The second-order valence-electron chi connectivity index (χ2n) is 9.61. The Labute approximate surface area is 227 Å². The SMILES string of the molecule is CCCCCOc1ccc(/C(O)=C2\C(=O)C(=O)N(Cc3ccccc3OC)C2c2c[nH]c3ccccc23)cc1. The molecule has 0 bridgehead atoms. The molecule has 3 aromatic carbocycles. The van der Waals surface area contributed by atoms with E-state index in [4.69, 9.17) is 9.47 Å². The largest absolute Gasteiger partial charge is 0.507 e. The molecule has 0 radical (unpaired) electrons. The predicted octanol–water partition coefficient (Wildman–Crippen LogP) is 6.37. The van der Waals surface area contributed by atoms with Gasteiger partial charge >= 0.3 is 0 Å². The normalized spacial score (nSPS) is 16.7. The van der Waals surface area contributed by atoms with Gasteiger partial charge in [0.2, 0.25) is 0 Å². The van der Waals surface area contributed by atoms with Gasteiger partial charge in [-0.15, -0.1) is 0 Å². The van der Waals surface area contributed by atoms with E-state index in [2.05, 4.69) is 11.9 Å². The molecule has 5 rings (SSSR count). The Kier molecular flexibility index (Phi) is 7.68. The summed E-state index contributed by atoms with van der Waals surface area (Å²) in [6.45, 7) is 2.90. The molecule has 1 fully saturated rings. The summed E-state index contributed by atoms with van der Waals surface area (Å²) in [4.78, 5) is 31.7. The second kappa shape index (κ2) is 11.5. The summed E-state index contributed by atoms with van der Waals surface area (Å²) in [6, 6.07) is 21.3. The number of nitrogens with zero attached hydrogens (tertiary/aromatic N) is 1. The van der Waals surface area contributed by atoms with Crippen molar-refractivity contribution in [3.8, 4) is 11.5 Å². The second-order valence-corrected chi connectivity index (χ2v) is 9.61. The number of carbonyl (C=O) groups is 2. The number of nitrogens with one attached hydrogen (secondary N) is 1. The third-order valence-corrected chi connectivity index (χ3v) is 7.13. The molecule has 0 spiro atoms. The highest BCUT2D eigenvalue weighted by Crippen LogP contribution is 2.43. The first kappa shape index (κ1) is 26.1. The number of aliphatic hydroxyl groups is 1. The van der Waals surface area contributed by atoms with Crippen molar-refractivity contribution in [3.63, 3.8) is 0 Å². The molecule has 39 heavy (non-hydrogen) atoms. The van der Waals surface area contributed by atoms with Gasteiger partial charge in [0.25, 0.3) is 11.7 Å². The molecular formula is C32H32N2O5. The smallest absolute Gasteiger partial charge is 0.295 e. The van der Waals surface area contributed by atoms with Crippen molar-refractivity contribution >= 4 is 28.4 Å². The number of aromatic amines is 1. The number of Topliss-reactive ketones (excluding diaryl/α,β-unsaturated/α-hetero) is 1. The number of ketones is 1. The average molecular weight is 525 g/mol. The number of rotatable bonds is 10. The van der Waals surface area contributed by atoms with Gasteiger partial charge in [0, 0.05) is 33.8 Å². The molecule has 1 unspecified atom stereocenters. The number of likely N-dealkylation sites (tertiary alicyclic amines) is 1. The zero-order chi connectivity index (χ0) is 27.4. The summed E-state index contributed by atoms with van der Waals surface area (Å²) >= 11 is 0. The quantitative estimate of drug-likeness (QED) is 0.109. The molecule has 7 nitrogen and oxygen atoms in total. The lowest BCUT2D eigenvalue weighted by atomic mass is 9.94. The first-order valence-corrected chi connectivity index (χ1v) is 13.2. The molecule has 1 aliphatic heterocycles. The molecule has 0 saturated carbocycles. The topological polar surface area (TPSA) is 91.9 Å². The summed E-state index contributed by atoms with van der Waals surface area (Å²) in [5.41, 5.74) is 2.86. The van der Waals surface area contributed by atoms with Gasteiger partial charge in [-0.05, 0) is 42.8 Å². The van der Waals surface area contributed by atoms with Crippen molar-refractivity contribution in [2.24, 2.45) is 0 Å². The molecule has 200 valence electrons. The van der Waals surface area contributed by atoms with E-state index in [9.17, 15) is 14.7 Å². The number of aromatic nitrogens is 1. The molecule has 7 heteroatoms. The molecular weight excluding hydrogens is 492 g/mol. The third-order valence-electron chi connectivity index (χ3n) is 7.13. The monoisotopic (exact) mass is 524 g/mol. The maximum atomic E-state index is 13.5. The van der Waals surface area contributed by atoms with Gasteiger partial charge in [-0.2, -0.15) is 0 Å². The Morgan fingerprint density at radius 1 is 0.974 bits per heavy atom. The summed E-state index contributed by atoms with van der Waals surface area (Å²) in [7, 11) is 1.57. The van der Waals surface area contributed by atoms with E-state index in [0.717, 1.165) is 41.3 Å². The van der Waals surface area contributed by atoms with Gasteiger partial charge in [0.15, 0.2) is 0 Å². The predicted molar refractivity (Wildman–Crippen MR) is 151 cm³/mol. The summed E-state index contributed by atoms with van der Waals surface area (Å²) in [5.74, 6) is -0.311. The van der Waals surface area contributed by atoms with E-state index in [1.807, 2.05) is 48.5 Å². The maximum Gasteiger partial charge on any atom is 0.295 e. The van der Waals surface area contributed by atoms with Crippen molar-refractivity contribution in [2.75, 3.05) is 13.7 Å². The lowest BCUT2D eigenvalue weighted by molar-refractivity contribution is -0.140. The number of H-pyrrole nitrogens is 1. The number of hydrogen-bond acceptors (Lipinski definition) is 5. The Hall–Kier alpha value is -4.52. The molecule has 1 aliphatic rings. The van der Waals surface area contributed by atoms with Crippen LogP contribution in [0.4, 0.5) is 0 Å². The van der Waals surface area contributed by atoms with E-state index in [1.165, 1.54) is 4.90 Å². The highest BCUT2D eigenvalue weighted by molar-refractivity contribution is 6.46. The number of hydrogen-bond donors (Lipinski definition) is 2. The fraction of sp³-hybridized carbons (Fsp3) is 0.250. The van der Waals surface area contributed by atoms with E-state index in [1.54, 1.807) is 37.6 Å². The standard InChI is InChI=1S/C32H32N2O5/c1-3-4-9-18-39-23-16-14-21(15-17-23)30(35)28-29(25-19-33-26-12-7-6-11-24(25)26)34(32(37)31(28)36)20-22-10-5-8-13-27(22)38-2/h5-8,10-17,19,29,33,35H,3-4,9,18,20H2,1-2H3/b30-28+. The van der Waals surface area contributed by atoms with Gasteiger partial charge in [-0.3, -0.25) is 9.59 Å². The van der Waals surface area contributed by atoms with Crippen LogP contribution in [-0.2, 0) is 16.1 Å². The Morgan fingerprint density at radius 3 is 2.49 bits per heavy atom. The lowest BCUT2D eigenvalue weighted by Gasteiger charge is -2.25. The van der Waals surface area contributed by atoms with Crippen LogP contribution in [0.2, 0.25) is 0 Å². The third kappa shape index (κ3) is 5.12. The van der Waals surface area contributed by atoms with Gasteiger partial charge in [-0.1, -0.05) is 56.2 Å². The van der Waals surface area contributed by atoms with Crippen LogP contribution < -0.4 is 9.47 Å². The van der Waals surface area contributed by atoms with Crippen molar-refractivity contribution in [1.82, 2.24) is 9.88 Å². The highest BCUT2D eigenvalue weighted by Gasteiger charge is 2.47. The summed E-state index contributed by atoms with van der Waals surface area (Å²) in [6.07, 6.45) is 4.99. The van der Waals surface area contributed by atoms with Crippen LogP contribution in [0.25, 0.3) is 16.7 Å². The van der Waals surface area contributed by atoms with E-state index in [-0.39, 0.29) is 17.9 Å². The number of methoxy groups -OCH3 is 1.